The van der Waals surface area contributed by atoms with Gasteiger partial charge < -0.3 is 15.5 Å². The molecule has 0 fully saturated rings. The molecular formula is C22H32N4O3. The number of carbonyl (C=O) groups is 1. The molecular weight excluding hydrogens is 368 g/mol. The lowest BCUT2D eigenvalue weighted by Gasteiger charge is -2.14. The Bertz CT molecular complexity index is 869. The van der Waals surface area contributed by atoms with Crippen LogP contribution in [0.3, 0.4) is 0 Å². The quantitative estimate of drug-likeness (QED) is 0.371. The van der Waals surface area contributed by atoms with Crippen LogP contribution >= 0.6 is 0 Å². The van der Waals surface area contributed by atoms with E-state index in [1.54, 1.807) is 6.20 Å². The van der Waals surface area contributed by atoms with E-state index in [9.17, 15) is 14.4 Å². The highest BCUT2D eigenvalue weighted by atomic mass is 16.2. The average Bonchev–Trinajstić information content (AvgIpc) is 2.70. The molecule has 1 heterocycles. The summed E-state index contributed by atoms with van der Waals surface area (Å²) in [6.07, 6.45) is 6.98. The normalized spacial score (nSPS) is 11.2. The minimum Gasteiger partial charge on any atom is -0.380 e. The maximum atomic E-state index is 12.2. The third-order valence-electron chi connectivity index (χ3n) is 4.74. The lowest BCUT2D eigenvalue weighted by atomic mass is 10.1. The predicted octanol–water partition coefficient (Wildman–Crippen LogP) is 2.35. The number of unbranched alkanes of at least 4 members (excludes halogenated alkanes) is 3. The number of pyridine rings is 1. The highest BCUT2D eigenvalue weighted by Gasteiger charge is 2.20. The smallest absolute Gasteiger partial charge is 0.253 e. The fourth-order valence-corrected chi connectivity index (χ4v) is 3.17. The topological polar surface area (TPSA) is 91.4 Å². The summed E-state index contributed by atoms with van der Waals surface area (Å²) in [6.45, 7) is 3.65. The molecule has 2 N–H and O–H groups in total. The highest BCUT2D eigenvalue weighted by Crippen LogP contribution is 2.15. The van der Waals surface area contributed by atoms with Gasteiger partial charge in [-0.05, 0) is 44.6 Å². The van der Waals surface area contributed by atoms with Gasteiger partial charge in [0.1, 0.15) is 11.4 Å². The number of carbonyl (C=O) groups excluding carboxylic acids is 1. The number of nitrogens with zero attached hydrogens (tertiary/aromatic N) is 2. The zero-order chi connectivity index (χ0) is 21.2. The summed E-state index contributed by atoms with van der Waals surface area (Å²) in [5, 5.41) is 5.88. The molecule has 158 valence electrons. The number of nitrogens with one attached hydrogen (secondary N) is 2. The number of aromatic nitrogens is 1. The van der Waals surface area contributed by atoms with E-state index in [1.807, 2.05) is 26.2 Å². The van der Waals surface area contributed by atoms with Crippen molar-refractivity contribution in [1.29, 1.82) is 0 Å². The van der Waals surface area contributed by atoms with E-state index in [1.165, 1.54) is 0 Å². The van der Waals surface area contributed by atoms with Gasteiger partial charge in [-0.15, -0.1) is 0 Å². The summed E-state index contributed by atoms with van der Waals surface area (Å²) in [5.41, 5.74) is 1.54. The number of anilines is 2. The van der Waals surface area contributed by atoms with Crippen LogP contribution in [0.4, 0.5) is 11.4 Å². The van der Waals surface area contributed by atoms with Gasteiger partial charge in [-0.1, -0.05) is 26.2 Å². The predicted molar refractivity (Wildman–Crippen MR) is 117 cm³/mol. The zero-order valence-electron chi connectivity index (χ0n) is 17.7. The number of rotatable bonds is 14. The van der Waals surface area contributed by atoms with Gasteiger partial charge in [-0.3, -0.25) is 19.4 Å². The maximum Gasteiger partial charge on any atom is 0.253 e. The molecule has 1 aromatic carbocycles. The molecule has 1 aromatic heterocycles. The van der Waals surface area contributed by atoms with Crippen molar-refractivity contribution in [2.75, 3.05) is 37.8 Å². The third-order valence-corrected chi connectivity index (χ3v) is 4.74. The molecule has 7 heteroatoms. The van der Waals surface area contributed by atoms with Gasteiger partial charge in [0, 0.05) is 31.4 Å². The number of hydrogen-bond donors (Lipinski definition) is 2. The summed E-state index contributed by atoms with van der Waals surface area (Å²) in [4.78, 5) is 42.1. The molecule has 0 saturated heterocycles. The molecule has 0 saturated carbocycles. The van der Waals surface area contributed by atoms with Crippen LogP contribution in [0.15, 0.2) is 27.9 Å². The largest absolute Gasteiger partial charge is 0.380 e. The fourth-order valence-electron chi connectivity index (χ4n) is 3.17. The first-order chi connectivity index (χ1) is 13.9. The van der Waals surface area contributed by atoms with Crippen LogP contribution in [-0.2, 0) is 17.8 Å². The molecule has 7 nitrogen and oxygen atoms in total. The Hall–Kier alpha value is -2.54. The van der Waals surface area contributed by atoms with Crippen LogP contribution in [0.2, 0.25) is 0 Å². The Morgan fingerprint density at radius 1 is 1.07 bits per heavy atom. The lowest BCUT2D eigenvalue weighted by Crippen LogP contribution is -2.38. The van der Waals surface area contributed by atoms with Crippen LogP contribution in [0.5, 0.6) is 0 Å². The summed E-state index contributed by atoms with van der Waals surface area (Å²) in [5.74, 6) is -0.0215. The fraction of sp³-hybridized carbons (Fsp3) is 0.545. The molecule has 2 aromatic rings. The standard InChI is InChI=1S/C22H32N4O3/c1-4-5-6-7-11-24-19-20(22(29)21(19)28)25-14-18(27)9-8-17-13-16(10-12-23-17)15-26(2)3/h10,12-13,24-25H,4-9,11,14-15H2,1-3H3. The Labute approximate surface area is 172 Å². The second-order valence-corrected chi connectivity index (χ2v) is 7.68. The molecule has 0 amide bonds. The van der Waals surface area contributed by atoms with Crippen LogP contribution in [0, 0.1) is 0 Å². The van der Waals surface area contributed by atoms with Crippen molar-refractivity contribution in [2.45, 2.75) is 52.0 Å². The van der Waals surface area contributed by atoms with Gasteiger partial charge in [0.05, 0.1) is 6.54 Å². The van der Waals surface area contributed by atoms with Crippen molar-refractivity contribution in [3.8, 4) is 0 Å². The van der Waals surface area contributed by atoms with E-state index in [-0.39, 0.29) is 18.0 Å². The van der Waals surface area contributed by atoms with Crippen molar-refractivity contribution in [2.24, 2.45) is 0 Å². The Kier molecular flexibility index (Phi) is 8.99. The van der Waals surface area contributed by atoms with E-state index in [0.717, 1.165) is 43.5 Å². The SMILES string of the molecule is CCCCCCNc1c(NCC(=O)CCc2cc(CN(C)C)ccn2)c(=O)c1=O. The van der Waals surface area contributed by atoms with Gasteiger partial charge in [-0.2, -0.15) is 0 Å². The number of ketones is 1. The van der Waals surface area contributed by atoms with Crippen LogP contribution in [-0.4, -0.2) is 42.9 Å². The monoisotopic (exact) mass is 400 g/mol. The Morgan fingerprint density at radius 2 is 1.79 bits per heavy atom. The summed E-state index contributed by atoms with van der Waals surface area (Å²) < 4.78 is 0. The Morgan fingerprint density at radius 3 is 2.48 bits per heavy atom. The van der Waals surface area contributed by atoms with E-state index in [2.05, 4.69) is 27.4 Å². The number of hydrogen-bond acceptors (Lipinski definition) is 7. The first kappa shape index (κ1) is 22.7. The van der Waals surface area contributed by atoms with Crippen molar-refractivity contribution in [1.82, 2.24) is 9.88 Å². The van der Waals surface area contributed by atoms with Gasteiger partial charge >= 0.3 is 0 Å². The van der Waals surface area contributed by atoms with E-state index in [4.69, 9.17) is 0 Å². The van der Waals surface area contributed by atoms with Crippen molar-refractivity contribution >= 4 is 17.2 Å². The highest BCUT2D eigenvalue weighted by molar-refractivity contribution is 5.85. The van der Waals surface area contributed by atoms with Crippen molar-refractivity contribution < 1.29 is 4.79 Å². The third kappa shape index (κ3) is 7.09. The molecule has 0 aliphatic heterocycles. The molecule has 0 radical (unpaired) electrons. The number of aryl methyl sites for hydroxylation is 1. The Balaban J connectivity index is 1.79. The second kappa shape index (κ2) is 11.5. The van der Waals surface area contributed by atoms with Crippen LogP contribution in [0.1, 0.15) is 50.3 Å². The molecule has 0 unspecified atom stereocenters. The minimum atomic E-state index is -0.549. The molecule has 0 atom stereocenters. The average molecular weight is 401 g/mol. The molecule has 29 heavy (non-hydrogen) atoms. The van der Waals surface area contributed by atoms with E-state index in [0.29, 0.717) is 25.1 Å². The summed E-state index contributed by atoms with van der Waals surface area (Å²) in [6, 6.07) is 3.98. The maximum absolute atomic E-state index is 12.2. The summed E-state index contributed by atoms with van der Waals surface area (Å²) in [7, 11) is 4.01. The van der Waals surface area contributed by atoms with Crippen LogP contribution < -0.4 is 21.5 Å². The van der Waals surface area contributed by atoms with E-state index >= 15 is 0 Å². The van der Waals surface area contributed by atoms with Gasteiger partial charge in [-0.25, -0.2) is 0 Å². The van der Waals surface area contributed by atoms with Gasteiger partial charge in [0.2, 0.25) is 0 Å². The van der Waals surface area contributed by atoms with Crippen molar-refractivity contribution in [3.63, 3.8) is 0 Å². The zero-order valence-corrected chi connectivity index (χ0v) is 17.7. The lowest BCUT2D eigenvalue weighted by molar-refractivity contribution is -0.117. The number of Topliss-reactive ketones (excluding diaryl/α,β-unsaturated/α-hetero) is 1. The van der Waals surface area contributed by atoms with Gasteiger partial charge in [0.15, 0.2) is 5.78 Å². The molecule has 0 bridgehead atoms. The first-order valence-corrected chi connectivity index (χ1v) is 10.3. The minimum absolute atomic E-state index is 0.0215. The molecule has 0 aliphatic rings. The van der Waals surface area contributed by atoms with Gasteiger partial charge in [0.25, 0.3) is 10.9 Å². The summed E-state index contributed by atoms with van der Waals surface area (Å²) >= 11 is 0. The second-order valence-electron chi connectivity index (χ2n) is 7.68. The molecule has 2 rings (SSSR count). The van der Waals surface area contributed by atoms with E-state index < -0.39 is 10.9 Å². The van der Waals surface area contributed by atoms with Crippen LogP contribution in [0.25, 0.3) is 0 Å². The first-order valence-electron chi connectivity index (χ1n) is 10.3. The van der Waals surface area contributed by atoms with Crippen molar-refractivity contribution in [3.05, 3.63) is 50.0 Å². The molecule has 0 aliphatic carbocycles. The molecule has 0 spiro atoms.